The van der Waals surface area contributed by atoms with Crippen molar-refractivity contribution >= 4 is 22.5 Å². The molecule has 1 N–H and O–H groups in total. The van der Waals surface area contributed by atoms with Crippen LogP contribution in [-0.2, 0) is 22.6 Å². The first-order valence-corrected chi connectivity index (χ1v) is 9.13. The fourth-order valence-corrected chi connectivity index (χ4v) is 3.14. The van der Waals surface area contributed by atoms with Gasteiger partial charge in [-0.25, -0.2) is 9.97 Å². The van der Waals surface area contributed by atoms with Crippen molar-refractivity contribution < 1.29 is 9.53 Å². The van der Waals surface area contributed by atoms with E-state index in [4.69, 9.17) is 4.74 Å². The topological polar surface area (TPSA) is 106 Å². The predicted molar refractivity (Wildman–Crippen MR) is 107 cm³/mol. The van der Waals surface area contributed by atoms with Gasteiger partial charge in [-0.2, -0.15) is 0 Å². The molecule has 0 spiro atoms. The van der Waals surface area contributed by atoms with Gasteiger partial charge >= 0.3 is 5.97 Å². The Morgan fingerprint density at radius 2 is 1.93 bits per heavy atom. The monoisotopic (exact) mass is 390 g/mol. The quantitative estimate of drug-likeness (QED) is 0.522. The molecule has 1 aromatic carbocycles. The number of hydrogen-bond donors (Lipinski definition) is 1. The number of aromatic amines is 1. The van der Waals surface area contributed by atoms with Crippen LogP contribution in [0.25, 0.3) is 16.6 Å². The number of aryl methyl sites for hydroxylation is 2. The molecule has 146 valence electrons. The van der Waals surface area contributed by atoms with E-state index in [0.29, 0.717) is 28.1 Å². The van der Waals surface area contributed by atoms with Crippen LogP contribution in [0, 0.1) is 6.92 Å². The molecule has 0 amide bonds. The highest BCUT2D eigenvalue weighted by Gasteiger charge is 2.10. The molecule has 0 radical (unpaired) electrons. The lowest BCUT2D eigenvalue weighted by Crippen LogP contribution is -2.18. The summed E-state index contributed by atoms with van der Waals surface area (Å²) in [6.07, 6.45) is 0.291. The number of ether oxygens (including phenoxy) is 1. The average molecular weight is 390 g/mol. The van der Waals surface area contributed by atoms with Gasteiger partial charge in [0.15, 0.2) is 0 Å². The third kappa shape index (κ3) is 3.91. The van der Waals surface area contributed by atoms with E-state index in [-0.39, 0.29) is 30.6 Å². The van der Waals surface area contributed by atoms with Crippen LogP contribution in [0.3, 0.4) is 0 Å². The minimum atomic E-state index is -0.466. The predicted octanol–water partition coefficient (Wildman–Crippen LogP) is 1.92. The van der Waals surface area contributed by atoms with E-state index in [1.165, 1.54) is 10.5 Å². The van der Waals surface area contributed by atoms with Gasteiger partial charge in [0, 0.05) is 18.2 Å². The van der Waals surface area contributed by atoms with E-state index in [0.717, 1.165) is 5.69 Å². The third-order valence-corrected chi connectivity index (χ3v) is 4.54. The molecule has 8 heteroatoms. The Bertz CT molecular complexity index is 1340. The summed E-state index contributed by atoms with van der Waals surface area (Å²) in [4.78, 5) is 47.8. The summed E-state index contributed by atoms with van der Waals surface area (Å²) in [5.41, 5.74) is 1.77. The zero-order chi connectivity index (χ0) is 20.4. The zero-order valence-electron chi connectivity index (χ0n) is 15.7. The van der Waals surface area contributed by atoms with Crippen LogP contribution < -0.4 is 11.1 Å². The van der Waals surface area contributed by atoms with Crippen molar-refractivity contribution in [1.29, 1.82) is 0 Å². The Morgan fingerprint density at radius 3 is 2.79 bits per heavy atom. The maximum Gasteiger partial charge on any atom is 0.306 e. The van der Waals surface area contributed by atoms with Gasteiger partial charge in [0.05, 0.1) is 23.0 Å². The summed E-state index contributed by atoms with van der Waals surface area (Å²) in [6, 6.07) is 13.7. The lowest BCUT2D eigenvalue weighted by atomic mass is 10.2. The molecular formula is C21H18N4O4. The Kier molecular flexibility index (Phi) is 4.90. The summed E-state index contributed by atoms with van der Waals surface area (Å²) >= 11 is 0. The molecule has 0 aliphatic carbocycles. The molecule has 0 aliphatic rings. The molecule has 4 aromatic rings. The molecule has 0 fully saturated rings. The number of pyridine rings is 1. The maximum absolute atomic E-state index is 12.3. The van der Waals surface area contributed by atoms with Gasteiger partial charge in [-0.3, -0.25) is 18.8 Å². The molecule has 0 saturated heterocycles. The second-order valence-corrected chi connectivity index (χ2v) is 6.64. The minimum absolute atomic E-state index is 0.0486. The number of carbonyl (C=O) groups is 1. The van der Waals surface area contributed by atoms with Gasteiger partial charge in [0.2, 0.25) is 0 Å². The van der Waals surface area contributed by atoms with E-state index in [9.17, 15) is 14.4 Å². The molecule has 0 aliphatic heterocycles. The van der Waals surface area contributed by atoms with Gasteiger partial charge in [-0.15, -0.1) is 0 Å². The highest BCUT2D eigenvalue weighted by Crippen LogP contribution is 2.08. The number of nitrogens with zero attached hydrogens (tertiary/aromatic N) is 3. The summed E-state index contributed by atoms with van der Waals surface area (Å²) in [5, 5.41) is 0.503. The van der Waals surface area contributed by atoms with Gasteiger partial charge in [0.25, 0.3) is 11.1 Å². The number of nitrogens with one attached hydrogen (secondary N) is 1. The second-order valence-electron chi connectivity index (χ2n) is 6.64. The van der Waals surface area contributed by atoms with E-state index in [2.05, 4.69) is 15.0 Å². The summed E-state index contributed by atoms with van der Waals surface area (Å²) in [6.45, 7) is 1.72. The molecule has 8 nitrogen and oxygen atoms in total. The summed E-state index contributed by atoms with van der Waals surface area (Å²) < 4.78 is 6.73. The Hall–Kier alpha value is -3.81. The highest BCUT2D eigenvalue weighted by molar-refractivity contribution is 5.77. The van der Waals surface area contributed by atoms with Crippen molar-refractivity contribution in [3.63, 3.8) is 0 Å². The standard InChI is InChI=1S/C21H18N4O4/c1-13-5-4-8-18-22-14(11-19(26)25(13)18)12-29-20(27)10-9-17-23-16-7-3-2-6-15(16)21(28)24-17/h2-8,11H,9-10,12H2,1H3,(H,23,24,28). The Balaban J connectivity index is 1.41. The first-order valence-electron chi connectivity index (χ1n) is 9.13. The van der Waals surface area contributed by atoms with E-state index in [1.807, 2.05) is 19.1 Å². The number of benzene rings is 1. The normalized spacial score (nSPS) is 11.1. The lowest BCUT2D eigenvalue weighted by molar-refractivity contribution is -0.145. The van der Waals surface area contributed by atoms with Crippen LogP contribution in [0.5, 0.6) is 0 Å². The number of para-hydroxylation sites is 1. The van der Waals surface area contributed by atoms with Crippen LogP contribution in [0.15, 0.2) is 58.1 Å². The molecule has 4 rings (SSSR count). The number of rotatable bonds is 5. The van der Waals surface area contributed by atoms with Crippen LogP contribution in [0.1, 0.15) is 23.6 Å². The second kappa shape index (κ2) is 7.67. The van der Waals surface area contributed by atoms with Gasteiger partial charge in [-0.1, -0.05) is 18.2 Å². The van der Waals surface area contributed by atoms with E-state index >= 15 is 0 Å². The number of H-pyrrole nitrogens is 1. The van der Waals surface area contributed by atoms with Crippen molar-refractivity contribution in [3.8, 4) is 0 Å². The largest absolute Gasteiger partial charge is 0.459 e. The van der Waals surface area contributed by atoms with Gasteiger partial charge in [0.1, 0.15) is 18.1 Å². The van der Waals surface area contributed by atoms with Gasteiger partial charge < -0.3 is 9.72 Å². The van der Waals surface area contributed by atoms with E-state index in [1.54, 1.807) is 30.3 Å². The Morgan fingerprint density at radius 1 is 1.10 bits per heavy atom. The maximum atomic E-state index is 12.3. The Labute approximate surface area is 164 Å². The fourth-order valence-electron chi connectivity index (χ4n) is 3.14. The SMILES string of the molecule is Cc1cccc2nc(COC(=O)CCc3nc4ccccc4c(=O)[nH]3)cc(=O)n12. The molecule has 3 heterocycles. The number of carbonyl (C=O) groups excluding carboxylic acids is 1. The molecule has 0 atom stereocenters. The average Bonchev–Trinajstić information content (AvgIpc) is 2.70. The molecule has 29 heavy (non-hydrogen) atoms. The van der Waals surface area contributed by atoms with Crippen molar-refractivity contribution in [2.24, 2.45) is 0 Å². The van der Waals surface area contributed by atoms with Crippen LogP contribution in [-0.4, -0.2) is 25.3 Å². The first-order chi connectivity index (χ1) is 14.0. The van der Waals surface area contributed by atoms with Crippen molar-refractivity contribution in [2.45, 2.75) is 26.4 Å². The lowest BCUT2D eigenvalue weighted by Gasteiger charge is -2.07. The number of fused-ring (bicyclic) bond motifs is 2. The molecule has 3 aromatic heterocycles. The number of esters is 1. The van der Waals surface area contributed by atoms with Crippen molar-refractivity contribution in [1.82, 2.24) is 19.4 Å². The molecular weight excluding hydrogens is 372 g/mol. The summed E-state index contributed by atoms with van der Waals surface area (Å²) in [5.74, 6) is -0.0461. The van der Waals surface area contributed by atoms with Crippen molar-refractivity contribution in [3.05, 3.63) is 86.5 Å². The number of hydrogen-bond acceptors (Lipinski definition) is 6. The smallest absolute Gasteiger partial charge is 0.306 e. The summed E-state index contributed by atoms with van der Waals surface area (Å²) in [7, 11) is 0. The number of aromatic nitrogens is 4. The molecule has 0 saturated carbocycles. The van der Waals surface area contributed by atoms with Crippen LogP contribution in [0.2, 0.25) is 0 Å². The minimum Gasteiger partial charge on any atom is -0.459 e. The third-order valence-electron chi connectivity index (χ3n) is 4.54. The first kappa shape index (κ1) is 18.5. The fraction of sp³-hybridized carbons (Fsp3) is 0.190. The molecule has 0 bridgehead atoms. The van der Waals surface area contributed by atoms with E-state index < -0.39 is 5.97 Å². The van der Waals surface area contributed by atoms with Gasteiger partial charge in [-0.05, 0) is 31.2 Å². The van der Waals surface area contributed by atoms with Crippen molar-refractivity contribution in [2.75, 3.05) is 0 Å². The molecule has 0 unspecified atom stereocenters. The zero-order valence-corrected chi connectivity index (χ0v) is 15.7. The van der Waals surface area contributed by atoms with Crippen LogP contribution in [0.4, 0.5) is 0 Å². The highest BCUT2D eigenvalue weighted by atomic mass is 16.5. The van der Waals surface area contributed by atoms with Crippen LogP contribution >= 0.6 is 0 Å².